The van der Waals surface area contributed by atoms with Crippen LogP contribution in [-0.2, 0) is 4.84 Å². The van der Waals surface area contributed by atoms with Crippen LogP contribution >= 0.6 is 0 Å². The van der Waals surface area contributed by atoms with Gasteiger partial charge in [-0.3, -0.25) is 0 Å². The van der Waals surface area contributed by atoms with Crippen molar-refractivity contribution in [3.8, 4) is 0 Å². The van der Waals surface area contributed by atoms with Gasteiger partial charge in [-0.2, -0.15) is 0 Å². The van der Waals surface area contributed by atoms with Crippen LogP contribution in [0.15, 0.2) is 0 Å². The molecule has 0 saturated carbocycles. The van der Waals surface area contributed by atoms with Crippen LogP contribution in [0.3, 0.4) is 0 Å². The Kier molecular flexibility index (Phi) is 0.103. The van der Waals surface area contributed by atoms with E-state index in [4.69, 9.17) is 0 Å². The zero-order valence-electron chi connectivity index (χ0n) is 1.97. The van der Waals surface area contributed by atoms with E-state index < -0.39 is 0 Å². The van der Waals surface area contributed by atoms with Crippen molar-refractivity contribution in [1.82, 2.24) is 0 Å². The van der Waals surface area contributed by atoms with Crippen molar-refractivity contribution in [2.45, 2.75) is 0 Å². The van der Waals surface area contributed by atoms with Gasteiger partial charge in [-0.1, -0.05) is 0 Å². The molecule has 0 aromatic rings. The van der Waals surface area contributed by atoms with Gasteiger partial charge < -0.3 is 0 Å². The van der Waals surface area contributed by atoms with E-state index in [2.05, 4.69) is 4.84 Å². The smallest absolute Gasteiger partial charge is 0.145 e. The van der Waals surface area contributed by atoms with E-state index in [0.717, 1.165) is 0 Å². The Morgan fingerprint density at radius 2 is 2.25 bits per heavy atom. The summed E-state index contributed by atoms with van der Waals surface area (Å²) in [7, 11) is 0. The summed E-state index contributed by atoms with van der Waals surface area (Å²) in [6.07, 6.45) is 0. The summed E-state index contributed by atoms with van der Waals surface area (Å²) in [6, 6.07) is 0. The summed E-state index contributed by atoms with van der Waals surface area (Å²) in [6.45, 7) is 0.264. The molecule has 0 bridgehead atoms. The van der Waals surface area contributed by atoms with Crippen molar-refractivity contribution in [2.75, 3.05) is 6.73 Å². The topological polar surface area (TPSA) is 32.6 Å². The molecule has 3 heteroatoms. The fourth-order valence-electron chi connectivity index (χ4n) is 0.0236. The fourth-order valence-corrected chi connectivity index (χ4v) is 0.0236. The third kappa shape index (κ3) is 0.0389. The average molecular weight is 60.0 g/mol. The van der Waals surface area contributed by atoms with Crippen LogP contribution in [-0.4, -0.2) is 11.7 Å². The number of hydrogen-bond donors (Lipinski definition) is 0. The Morgan fingerprint density at radius 1 is 2.00 bits per heavy atom. The molecule has 0 amide bonds. The highest BCUT2D eigenvalue weighted by Gasteiger charge is 2.29. The molecule has 1 aliphatic heterocycles. The first-order valence-electron chi connectivity index (χ1n) is 0.970. The first kappa shape index (κ1) is 1.69. The van der Waals surface area contributed by atoms with E-state index in [1.165, 1.54) is 0 Å². The summed E-state index contributed by atoms with van der Waals surface area (Å²) in [4.78, 5) is 13.7. The lowest BCUT2D eigenvalue weighted by Gasteiger charge is -1.14. The summed E-state index contributed by atoms with van der Waals surface area (Å²) in [5.74, 6) is 0. The van der Waals surface area contributed by atoms with Gasteiger partial charge in [0, 0.05) is 0 Å². The Hall–Kier alpha value is -0.600. The van der Waals surface area contributed by atoms with Crippen molar-refractivity contribution in [3.05, 3.63) is 4.91 Å². The molecule has 22 valence electrons. The molecule has 0 unspecified atom stereocenters. The highest BCUT2D eigenvalue weighted by Crippen LogP contribution is 1.89. The molecule has 0 aliphatic carbocycles. The predicted molar refractivity (Wildman–Crippen MR) is 9.58 cm³/mol. The lowest BCUT2D eigenvalue weighted by Crippen LogP contribution is -1.51. The number of hydrogen-bond acceptors (Lipinski definition) is 2. The maximum Gasteiger partial charge on any atom is 0.451 e. The number of nitrogens with zero attached hydrogens (tertiary/aromatic N) is 1. The third-order valence-corrected chi connectivity index (χ3v) is 0.235. The summed E-state index contributed by atoms with van der Waals surface area (Å²) >= 11 is 0. The minimum atomic E-state index is 0.264. The molecule has 1 aliphatic rings. The molecule has 1 fully saturated rings. The Balaban J connectivity index is 2.60. The monoisotopic (exact) mass is 60.0 g/mol. The molecule has 1 heterocycles. The molecule has 3 nitrogen and oxygen atoms in total. The predicted octanol–water partition coefficient (Wildman–Crippen LogP) is -0.332. The van der Waals surface area contributed by atoms with Gasteiger partial charge in [0.1, 0.15) is 0 Å². The quantitative estimate of drug-likeness (QED) is 0.358. The molecule has 0 atom stereocenters. The normalized spacial score (nSPS) is 19.5. The minimum Gasteiger partial charge on any atom is -0.145 e. The van der Waals surface area contributed by atoms with E-state index in [0.29, 0.717) is 4.92 Å². The largest absolute Gasteiger partial charge is 0.451 e. The second-order valence-corrected chi connectivity index (χ2v) is 0.591. The maximum absolute atomic E-state index is 9.25. The number of rotatable bonds is 0. The average Bonchev–Trinajstić information content (AvgIpc) is 1.75. The zero-order chi connectivity index (χ0) is 2.99. The van der Waals surface area contributed by atoms with E-state index >= 15 is 0 Å². The third-order valence-electron chi connectivity index (χ3n) is 0.235. The van der Waals surface area contributed by atoms with Crippen molar-refractivity contribution in [1.29, 1.82) is 0 Å². The van der Waals surface area contributed by atoms with Crippen LogP contribution in [0.4, 0.5) is 0 Å². The van der Waals surface area contributed by atoms with Crippen LogP contribution in [0.5, 0.6) is 0 Å². The molecule has 0 N–H and O–H groups in total. The molecule has 0 radical (unpaired) electrons. The molecule has 1 rings (SSSR count). The van der Waals surface area contributed by atoms with E-state index in [9.17, 15) is 4.91 Å². The molecular formula is CH2NO2+. The van der Waals surface area contributed by atoms with Gasteiger partial charge in [0.25, 0.3) is 4.92 Å². The summed E-state index contributed by atoms with van der Waals surface area (Å²) in [5.41, 5.74) is 0. The first-order valence-corrected chi connectivity index (χ1v) is 0.970. The van der Waals surface area contributed by atoms with E-state index in [-0.39, 0.29) is 6.73 Å². The Morgan fingerprint density at radius 3 is 2.25 bits per heavy atom. The molecule has 0 aromatic carbocycles. The van der Waals surface area contributed by atoms with E-state index in [1.807, 2.05) is 0 Å². The van der Waals surface area contributed by atoms with Gasteiger partial charge in [-0.05, 0) is 0 Å². The lowest BCUT2D eigenvalue weighted by atomic mass is 11.5. The molecule has 1 saturated heterocycles. The van der Waals surface area contributed by atoms with E-state index in [1.54, 1.807) is 0 Å². The minimum absolute atomic E-state index is 0.264. The van der Waals surface area contributed by atoms with Gasteiger partial charge in [0.2, 0.25) is 0 Å². The van der Waals surface area contributed by atoms with Crippen LogP contribution in [0, 0.1) is 4.91 Å². The second-order valence-electron chi connectivity index (χ2n) is 0.591. The fraction of sp³-hybridized carbons (Fsp3) is 1.00. The van der Waals surface area contributed by atoms with Gasteiger partial charge in [0.15, 0.2) is 0 Å². The van der Waals surface area contributed by atoms with Gasteiger partial charge in [-0.25, -0.2) is 0 Å². The van der Waals surface area contributed by atoms with Crippen LogP contribution < -0.4 is 0 Å². The molecule has 4 heavy (non-hydrogen) atoms. The Labute approximate surface area is 22.7 Å². The summed E-state index contributed by atoms with van der Waals surface area (Å²) < 4.78 is 0. The summed E-state index contributed by atoms with van der Waals surface area (Å²) in [5, 5.41) is 0. The van der Waals surface area contributed by atoms with Crippen LogP contribution in [0.25, 0.3) is 0 Å². The SMILES string of the molecule is O=[N+]1CO1. The van der Waals surface area contributed by atoms with Gasteiger partial charge in [-0.15, -0.1) is 4.84 Å². The highest BCUT2D eigenvalue weighted by atomic mass is 16.9. The van der Waals surface area contributed by atoms with Crippen molar-refractivity contribution < 1.29 is 9.76 Å². The molecular weight excluding hydrogens is 58.0 g/mol. The van der Waals surface area contributed by atoms with Crippen LogP contribution in [0.2, 0.25) is 0 Å². The lowest BCUT2D eigenvalue weighted by molar-refractivity contribution is -0.538. The zero-order valence-corrected chi connectivity index (χ0v) is 1.97. The highest BCUT2D eigenvalue weighted by molar-refractivity contribution is 3.90. The molecule has 0 spiro atoms. The maximum atomic E-state index is 9.25. The Bertz CT molecular complexity index is 44.0. The molecule has 0 aromatic heterocycles. The second kappa shape index (κ2) is 0.243. The van der Waals surface area contributed by atoms with Gasteiger partial charge >= 0.3 is 6.73 Å². The van der Waals surface area contributed by atoms with Crippen molar-refractivity contribution >= 4 is 0 Å². The van der Waals surface area contributed by atoms with Crippen LogP contribution in [0.1, 0.15) is 0 Å². The standard InChI is InChI=1S/CH2NO2/c3-2-1-4-2/h1H2/q+1. The van der Waals surface area contributed by atoms with Crippen molar-refractivity contribution in [3.63, 3.8) is 0 Å². The van der Waals surface area contributed by atoms with Gasteiger partial charge in [0.05, 0.1) is 4.91 Å². The first-order chi connectivity index (χ1) is 1.89. The van der Waals surface area contributed by atoms with Crippen molar-refractivity contribution in [2.24, 2.45) is 0 Å².